The molecule has 0 radical (unpaired) electrons. The first kappa shape index (κ1) is 19.6. The van der Waals surface area contributed by atoms with Gasteiger partial charge in [0.25, 0.3) is 0 Å². The van der Waals surface area contributed by atoms with E-state index in [2.05, 4.69) is 15.3 Å². The van der Waals surface area contributed by atoms with E-state index in [0.717, 1.165) is 35.7 Å². The smallest absolute Gasteiger partial charge is 0.183 e. The molecule has 0 amide bonds. The van der Waals surface area contributed by atoms with E-state index in [-0.39, 0.29) is 6.04 Å². The number of fused-ring (bicyclic) bond motifs is 1. The fourth-order valence-electron chi connectivity index (χ4n) is 4.48. The van der Waals surface area contributed by atoms with Crippen LogP contribution in [0.2, 0.25) is 0 Å². The summed E-state index contributed by atoms with van der Waals surface area (Å²) in [5, 5.41) is 13.1. The van der Waals surface area contributed by atoms with Crippen LogP contribution < -0.4 is 4.90 Å². The first-order chi connectivity index (χ1) is 16.1. The molecule has 1 saturated heterocycles. The van der Waals surface area contributed by atoms with Crippen LogP contribution in [0.5, 0.6) is 0 Å². The van der Waals surface area contributed by atoms with Crippen molar-refractivity contribution >= 4 is 11.5 Å². The molecular formula is C23H20F2N8. The topological polar surface area (TPSA) is 69.1 Å². The van der Waals surface area contributed by atoms with Crippen molar-refractivity contribution in [1.82, 2.24) is 34.2 Å². The highest BCUT2D eigenvalue weighted by Gasteiger charge is 2.30. The Kier molecular flexibility index (Phi) is 4.46. The average Bonchev–Trinajstić information content (AvgIpc) is 3.60. The third-order valence-electron chi connectivity index (χ3n) is 6.07. The standard InChI is InChI=1S/C23H20F2N8/c1-30-13-15(10-26-30)16-11-27-33(14-16)21-12-28-32-8-6-22(29-23(21)32)31-7-2-3-20(31)18-9-17(24)4-5-19(18)25/h4-6,8-14,20H,2-3,7H2,1H3. The molecule has 1 aliphatic heterocycles. The molecule has 5 heterocycles. The normalized spacial score (nSPS) is 16.2. The molecule has 0 spiro atoms. The van der Waals surface area contributed by atoms with Crippen molar-refractivity contribution in [1.29, 1.82) is 0 Å². The summed E-state index contributed by atoms with van der Waals surface area (Å²) in [6.45, 7) is 0.709. The highest BCUT2D eigenvalue weighted by molar-refractivity contribution is 5.64. The first-order valence-electron chi connectivity index (χ1n) is 10.7. The van der Waals surface area contributed by atoms with E-state index in [9.17, 15) is 8.78 Å². The van der Waals surface area contributed by atoms with Gasteiger partial charge >= 0.3 is 0 Å². The van der Waals surface area contributed by atoms with Crippen molar-refractivity contribution in [2.45, 2.75) is 18.9 Å². The van der Waals surface area contributed by atoms with Crippen molar-refractivity contribution < 1.29 is 8.78 Å². The van der Waals surface area contributed by atoms with E-state index >= 15 is 0 Å². The second-order valence-electron chi connectivity index (χ2n) is 8.18. The average molecular weight is 446 g/mol. The lowest BCUT2D eigenvalue weighted by molar-refractivity contribution is 0.560. The van der Waals surface area contributed by atoms with Gasteiger partial charge in [0.2, 0.25) is 0 Å². The highest BCUT2D eigenvalue weighted by Crippen LogP contribution is 2.37. The SMILES string of the molecule is Cn1cc(-c2cnn(-c3cnn4ccc(N5CCCC5c5cc(F)ccc5F)nc34)c2)cn1. The number of aromatic nitrogens is 7. The zero-order valence-corrected chi connectivity index (χ0v) is 17.8. The molecular weight excluding hydrogens is 426 g/mol. The number of benzene rings is 1. The second kappa shape index (κ2) is 7.51. The molecule has 1 unspecified atom stereocenters. The van der Waals surface area contributed by atoms with Crippen molar-refractivity contribution in [3.63, 3.8) is 0 Å². The van der Waals surface area contributed by atoms with E-state index in [0.29, 0.717) is 23.6 Å². The van der Waals surface area contributed by atoms with Crippen LogP contribution in [0.1, 0.15) is 24.4 Å². The Morgan fingerprint density at radius 3 is 2.67 bits per heavy atom. The van der Waals surface area contributed by atoms with Crippen LogP contribution >= 0.6 is 0 Å². The summed E-state index contributed by atoms with van der Waals surface area (Å²) in [5.74, 6) is -0.156. The van der Waals surface area contributed by atoms with Crippen LogP contribution in [0, 0.1) is 11.6 Å². The quantitative estimate of drug-likeness (QED) is 0.418. The zero-order chi connectivity index (χ0) is 22.5. The van der Waals surface area contributed by atoms with Gasteiger partial charge < -0.3 is 4.90 Å². The lowest BCUT2D eigenvalue weighted by atomic mass is 10.0. The third kappa shape index (κ3) is 3.34. The predicted molar refractivity (Wildman–Crippen MR) is 118 cm³/mol. The Hall–Kier alpha value is -4.08. The Morgan fingerprint density at radius 1 is 0.970 bits per heavy atom. The highest BCUT2D eigenvalue weighted by atomic mass is 19.1. The van der Waals surface area contributed by atoms with Gasteiger partial charge in [0.05, 0.1) is 24.6 Å². The van der Waals surface area contributed by atoms with Crippen molar-refractivity contribution in [3.8, 4) is 16.8 Å². The van der Waals surface area contributed by atoms with Gasteiger partial charge in [-0.2, -0.15) is 15.3 Å². The Morgan fingerprint density at radius 2 is 1.82 bits per heavy atom. The van der Waals surface area contributed by atoms with Crippen LogP contribution in [0.3, 0.4) is 0 Å². The number of rotatable bonds is 4. The summed E-state index contributed by atoms with van der Waals surface area (Å²) < 4.78 is 33.5. The van der Waals surface area contributed by atoms with Crippen molar-refractivity contribution in [2.75, 3.05) is 11.4 Å². The summed E-state index contributed by atoms with van der Waals surface area (Å²) in [5.41, 5.74) is 3.60. The molecule has 5 aromatic rings. The molecule has 33 heavy (non-hydrogen) atoms. The molecule has 166 valence electrons. The van der Waals surface area contributed by atoms with Crippen LogP contribution in [0.25, 0.3) is 22.5 Å². The van der Waals surface area contributed by atoms with Gasteiger partial charge in [0.1, 0.15) is 23.1 Å². The third-order valence-corrected chi connectivity index (χ3v) is 6.07. The molecule has 1 aliphatic rings. The lowest BCUT2D eigenvalue weighted by Gasteiger charge is -2.26. The number of aryl methyl sites for hydroxylation is 1. The van der Waals surface area contributed by atoms with Gasteiger partial charge in [-0.25, -0.2) is 23.0 Å². The number of anilines is 1. The number of halogens is 2. The second-order valence-corrected chi connectivity index (χ2v) is 8.18. The molecule has 0 bridgehead atoms. The van der Waals surface area contributed by atoms with Crippen LogP contribution in [0.15, 0.2) is 61.4 Å². The van der Waals surface area contributed by atoms with E-state index < -0.39 is 11.6 Å². The maximum absolute atomic E-state index is 14.5. The Labute approximate surface area is 187 Å². The maximum atomic E-state index is 14.5. The molecule has 4 aromatic heterocycles. The number of hydrogen-bond donors (Lipinski definition) is 0. The maximum Gasteiger partial charge on any atom is 0.183 e. The van der Waals surface area contributed by atoms with Crippen LogP contribution in [-0.2, 0) is 7.05 Å². The minimum Gasteiger partial charge on any atom is -0.349 e. The van der Waals surface area contributed by atoms with E-state index in [4.69, 9.17) is 4.98 Å². The molecule has 0 N–H and O–H groups in total. The summed E-state index contributed by atoms with van der Waals surface area (Å²) in [4.78, 5) is 6.87. The first-order valence-corrected chi connectivity index (χ1v) is 10.7. The molecule has 10 heteroatoms. The van der Waals surface area contributed by atoms with Crippen molar-refractivity contribution in [3.05, 3.63) is 78.6 Å². The molecule has 0 aliphatic carbocycles. The van der Waals surface area contributed by atoms with Gasteiger partial charge in [-0.05, 0) is 37.1 Å². The number of nitrogens with zero attached hydrogens (tertiary/aromatic N) is 8. The molecule has 8 nitrogen and oxygen atoms in total. The summed E-state index contributed by atoms with van der Waals surface area (Å²) >= 11 is 0. The van der Waals surface area contributed by atoms with Crippen molar-refractivity contribution in [2.24, 2.45) is 7.05 Å². The zero-order valence-electron chi connectivity index (χ0n) is 17.8. The van der Waals surface area contributed by atoms with Gasteiger partial charge in [-0.3, -0.25) is 4.68 Å². The minimum absolute atomic E-state index is 0.274. The molecule has 1 fully saturated rings. The predicted octanol–water partition coefficient (Wildman–Crippen LogP) is 3.94. The largest absolute Gasteiger partial charge is 0.349 e. The molecule has 1 atom stereocenters. The monoisotopic (exact) mass is 446 g/mol. The van der Waals surface area contributed by atoms with Gasteiger partial charge in [-0.1, -0.05) is 0 Å². The molecule has 0 saturated carbocycles. The fourth-order valence-corrected chi connectivity index (χ4v) is 4.48. The Balaban J connectivity index is 1.38. The Bertz CT molecular complexity index is 1470. The van der Waals surface area contributed by atoms with Crippen LogP contribution in [-0.4, -0.2) is 40.7 Å². The van der Waals surface area contributed by atoms with E-state index in [1.54, 1.807) is 32.5 Å². The molecule has 6 rings (SSSR count). The van der Waals surface area contributed by atoms with Gasteiger partial charge in [0, 0.05) is 48.9 Å². The summed E-state index contributed by atoms with van der Waals surface area (Å²) in [6.07, 6.45) is 12.5. The summed E-state index contributed by atoms with van der Waals surface area (Å²) in [7, 11) is 1.87. The lowest BCUT2D eigenvalue weighted by Crippen LogP contribution is -2.24. The molecule has 1 aromatic carbocycles. The fraction of sp³-hybridized carbons (Fsp3) is 0.217. The van der Waals surface area contributed by atoms with E-state index in [1.165, 1.54) is 12.1 Å². The minimum atomic E-state index is -0.442. The number of hydrogen-bond acceptors (Lipinski definition) is 5. The van der Waals surface area contributed by atoms with Crippen LogP contribution in [0.4, 0.5) is 14.6 Å². The van der Waals surface area contributed by atoms with Gasteiger partial charge in [-0.15, -0.1) is 0 Å². The van der Waals surface area contributed by atoms with E-state index in [1.807, 2.05) is 36.6 Å². The van der Waals surface area contributed by atoms with Gasteiger partial charge in [0.15, 0.2) is 5.65 Å². The summed E-state index contributed by atoms with van der Waals surface area (Å²) in [6, 6.07) is 5.19.